The van der Waals surface area contributed by atoms with E-state index in [1.54, 1.807) is 23.9 Å². The summed E-state index contributed by atoms with van der Waals surface area (Å²) in [6, 6.07) is 15.4. The van der Waals surface area contributed by atoms with E-state index in [2.05, 4.69) is 36.7 Å². The van der Waals surface area contributed by atoms with E-state index in [1.807, 2.05) is 12.1 Å². The van der Waals surface area contributed by atoms with Gasteiger partial charge >= 0.3 is 0 Å². The van der Waals surface area contributed by atoms with Crippen molar-refractivity contribution in [3.05, 3.63) is 59.9 Å². The van der Waals surface area contributed by atoms with Crippen LogP contribution in [0.1, 0.15) is 12.5 Å². The lowest BCUT2D eigenvalue weighted by Gasteiger charge is -2.16. The van der Waals surface area contributed by atoms with E-state index in [-0.39, 0.29) is 11.9 Å². The van der Waals surface area contributed by atoms with Gasteiger partial charge in [0.15, 0.2) is 0 Å². The SMILES string of the molecule is CSc1cccc(NC(C)Cc2cccc(F)c2)c1. The largest absolute Gasteiger partial charge is 0.382 e. The molecular formula is C16H18FNS. The Morgan fingerprint density at radius 2 is 1.95 bits per heavy atom. The molecule has 3 heteroatoms. The van der Waals surface area contributed by atoms with E-state index in [4.69, 9.17) is 0 Å². The Bertz CT molecular complexity index is 542. The fourth-order valence-corrected chi connectivity index (χ4v) is 2.53. The van der Waals surface area contributed by atoms with Gasteiger partial charge in [-0.05, 0) is 55.5 Å². The summed E-state index contributed by atoms with van der Waals surface area (Å²) < 4.78 is 13.1. The minimum Gasteiger partial charge on any atom is -0.382 e. The molecule has 2 rings (SSSR count). The van der Waals surface area contributed by atoms with Crippen LogP contribution in [0.5, 0.6) is 0 Å². The minimum absolute atomic E-state index is 0.172. The van der Waals surface area contributed by atoms with E-state index >= 15 is 0 Å². The monoisotopic (exact) mass is 275 g/mol. The lowest BCUT2D eigenvalue weighted by atomic mass is 10.1. The zero-order valence-electron chi connectivity index (χ0n) is 11.2. The van der Waals surface area contributed by atoms with Crippen LogP contribution in [-0.2, 0) is 6.42 Å². The van der Waals surface area contributed by atoms with Crippen LogP contribution in [0, 0.1) is 5.82 Å². The zero-order chi connectivity index (χ0) is 13.7. The van der Waals surface area contributed by atoms with Crippen LogP contribution in [0.4, 0.5) is 10.1 Å². The molecule has 0 saturated heterocycles. The summed E-state index contributed by atoms with van der Waals surface area (Å²) in [7, 11) is 0. The fraction of sp³-hybridized carbons (Fsp3) is 0.250. The van der Waals surface area contributed by atoms with Gasteiger partial charge in [0.05, 0.1) is 0 Å². The standard InChI is InChI=1S/C16H18FNS/c1-12(9-13-5-3-6-14(17)10-13)18-15-7-4-8-16(11-15)19-2/h3-8,10-12,18H,9H2,1-2H3. The van der Waals surface area contributed by atoms with Gasteiger partial charge in [-0.15, -0.1) is 11.8 Å². The van der Waals surface area contributed by atoms with Gasteiger partial charge in [0.25, 0.3) is 0 Å². The summed E-state index contributed by atoms with van der Waals surface area (Å²) in [5.74, 6) is -0.172. The van der Waals surface area contributed by atoms with Gasteiger partial charge in [-0.3, -0.25) is 0 Å². The maximum atomic E-state index is 13.1. The molecule has 2 aromatic carbocycles. The molecule has 1 N–H and O–H groups in total. The summed E-state index contributed by atoms with van der Waals surface area (Å²) in [5.41, 5.74) is 2.12. The highest BCUT2D eigenvalue weighted by molar-refractivity contribution is 7.98. The summed E-state index contributed by atoms with van der Waals surface area (Å²) in [5, 5.41) is 3.45. The molecule has 1 atom stereocenters. The number of rotatable bonds is 5. The first-order valence-electron chi connectivity index (χ1n) is 6.32. The second kappa shape index (κ2) is 6.62. The fourth-order valence-electron chi connectivity index (χ4n) is 2.07. The van der Waals surface area contributed by atoms with Gasteiger partial charge in [0.2, 0.25) is 0 Å². The molecule has 0 aliphatic rings. The van der Waals surface area contributed by atoms with Crippen LogP contribution in [-0.4, -0.2) is 12.3 Å². The summed E-state index contributed by atoms with van der Waals surface area (Å²) in [6.07, 6.45) is 2.87. The number of hydrogen-bond acceptors (Lipinski definition) is 2. The van der Waals surface area contributed by atoms with Crippen molar-refractivity contribution in [2.75, 3.05) is 11.6 Å². The predicted octanol–water partition coefficient (Wildman–Crippen LogP) is 4.59. The molecule has 2 aromatic rings. The average Bonchev–Trinajstić information content (AvgIpc) is 2.38. The van der Waals surface area contributed by atoms with E-state index < -0.39 is 0 Å². The lowest BCUT2D eigenvalue weighted by molar-refractivity contribution is 0.624. The molecule has 0 aliphatic heterocycles. The Balaban J connectivity index is 1.98. The van der Waals surface area contributed by atoms with Crippen molar-refractivity contribution >= 4 is 17.4 Å². The first kappa shape index (κ1) is 13.9. The average molecular weight is 275 g/mol. The van der Waals surface area contributed by atoms with E-state index in [1.165, 1.54) is 11.0 Å². The van der Waals surface area contributed by atoms with Crippen molar-refractivity contribution in [2.24, 2.45) is 0 Å². The van der Waals surface area contributed by atoms with Crippen LogP contribution >= 0.6 is 11.8 Å². The maximum absolute atomic E-state index is 13.1. The van der Waals surface area contributed by atoms with Crippen molar-refractivity contribution in [3.63, 3.8) is 0 Å². The Labute approximate surface area is 118 Å². The summed E-state index contributed by atoms with van der Waals surface area (Å²) in [4.78, 5) is 1.24. The highest BCUT2D eigenvalue weighted by Crippen LogP contribution is 2.20. The highest BCUT2D eigenvalue weighted by Gasteiger charge is 2.05. The van der Waals surface area contributed by atoms with Crippen molar-refractivity contribution in [1.82, 2.24) is 0 Å². The molecule has 100 valence electrons. The van der Waals surface area contributed by atoms with Crippen LogP contribution in [0.3, 0.4) is 0 Å². The van der Waals surface area contributed by atoms with Gasteiger partial charge in [-0.2, -0.15) is 0 Å². The Hall–Kier alpha value is -1.48. The van der Waals surface area contributed by atoms with E-state index in [0.717, 1.165) is 17.7 Å². The predicted molar refractivity (Wildman–Crippen MR) is 81.4 cm³/mol. The molecular weight excluding hydrogens is 257 g/mol. The normalized spacial score (nSPS) is 12.2. The molecule has 0 fully saturated rings. The third kappa shape index (κ3) is 4.28. The number of thioether (sulfide) groups is 1. The first-order valence-corrected chi connectivity index (χ1v) is 7.55. The maximum Gasteiger partial charge on any atom is 0.123 e. The number of benzene rings is 2. The number of nitrogens with one attached hydrogen (secondary N) is 1. The van der Waals surface area contributed by atoms with Crippen LogP contribution in [0.25, 0.3) is 0 Å². The minimum atomic E-state index is -0.172. The Morgan fingerprint density at radius 3 is 2.68 bits per heavy atom. The van der Waals surface area contributed by atoms with Crippen molar-refractivity contribution in [3.8, 4) is 0 Å². The molecule has 0 radical (unpaired) electrons. The zero-order valence-corrected chi connectivity index (χ0v) is 12.0. The molecule has 1 nitrogen and oxygen atoms in total. The molecule has 19 heavy (non-hydrogen) atoms. The quantitative estimate of drug-likeness (QED) is 0.801. The topological polar surface area (TPSA) is 12.0 Å². The molecule has 0 spiro atoms. The van der Waals surface area contributed by atoms with E-state index in [0.29, 0.717) is 0 Å². The Kier molecular flexibility index (Phi) is 4.86. The molecule has 0 aromatic heterocycles. The van der Waals surface area contributed by atoms with Gasteiger partial charge in [-0.1, -0.05) is 18.2 Å². The molecule has 1 unspecified atom stereocenters. The molecule has 0 heterocycles. The molecule has 0 bridgehead atoms. The second-order valence-electron chi connectivity index (χ2n) is 4.61. The van der Waals surface area contributed by atoms with E-state index in [9.17, 15) is 4.39 Å². The number of hydrogen-bond donors (Lipinski definition) is 1. The molecule has 0 aliphatic carbocycles. The van der Waals surface area contributed by atoms with Crippen LogP contribution < -0.4 is 5.32 Å². The third-order valence-electron chi connectivity index (χ3n) is 2.91. The first-order chi connectivity index (χ1) is 9.17. The van der Waals surface area contributed by atoms with Gasteiger partial charge < -0.3 is 5.32 Å². The van der Waals surface area contributed by atoms with Crippen molar-refractivity contribution in [2.45, 2.75) is 24.3 Å². The van der Waals surface area contributed by atoms with Crippen LogP contribution in [0.2, 0.25) is 0 Å². The van der Waals surface area contributed by atoms with Gasteiger partial charge in [-0.25, -0.2) is 4.39 Å². The Morgan fingerprint density at radius 1 is 1.16 bits per heavy atom. The molecule has 0 amide bonds. The van der Waals surface area contributed by atoms with Crippen molar-refractivity contribution in [1.29, 1.82) is 0 Å². The van der Waals surface area contributed by atoms with Gasteiger partial charge in [0.1, 0.15) is 5.82 Å². The summed E-state index contributed by atoms with van der Waals surface area (Å²) >= 11 is 1.73. The van der Waals surface area contributed by atoms with Crippen LogP contribution in [0.15, 0.2) is 53.4 Å². The third-order valence-corrected chi connectivity index (χ3v) is 3.64. The lowest BCUT2D eigenvalue weighted by Crippen LogP contribution is -2.18. The number of halogens is 1. The van der Waals surface area contributed by atoms with Crippen molar-refractivity contribution < 1.29 is 4.39 Å². The summed E-state index contributed by atoms with van der Waals surface area (Å²) in [6.45, 7) is 2.11. The van der Waals surface area contributed by atoms with Gasteiger partial charge in [0, 0.05) is 16.6 Å². The number of anilines is 1. The smallest absolute Gasteiger partial charge is 0.123 e. The second-order valence-corrected chi connectivity index (χ2v) is 5.49. The highest BCUT2D eigenvalue weighted by atomic mass is 32.2. The molecule has 0 saturated carbocycles.